The molecule has 0 atom stereocenters. The average Bonchev–Trinajstić information content (AvgIpc) is 2.67. The van der Waals surface area contributed by atoms with Crippen molar-refractivity contribution in [2.24, 2.45) is 0 Å². The first kappa shape index (κ1) is 9.45. The highest BCUT2D eigenvalue weighted by Crippen LogP contribution is 2.14. The fourth-order valence-electron chi connectivity index (χ4n) is 1.24. The summed E-state index contributed by atoms with van der Waals surface area (Å²) in [6.07, 6.45) is 0. The molecular formula is C9H12N6. The molecule has 1 aromatic carbocycles. The molecule has 0 spiro atoms. The van der Waals surface area contributed by atoms with Gasteiger partial charge in [-0.15, -0.1) is 0 Å². The van der Waals surface area contributed by atoms with Gasteiger partial charge in [-0.25, -0.2) is 0 Å². The van der Waals surface area contributed by atoms with Crippen molar-refractivity contribution < 1.29 is 0 Å². The van der Waals surface area contributed by atoms with Crippen LogP contribution in [0.1, 0.15) is 0 Å². The highest BCUT2D eigenvalue weighted by Gasteiger charge is 2.08. The maximum absolute atomic E-state index is 5.61. The molecular weight excluding hydrogens is 192 g/mol. The molecule has 0 unspecified atom stereocenters. The molecule has 2 aromatic rings. The molecule has 2 rings (SSSR count). The van der Waals surface area contributed by atoms with Gasteiger partial charge in [0.15, 0.2) is 0 Å². The van der Waals surface area contributed by atoms with Crippen LogP contribution >= 0.6 is 0 Å². The number of nitrogens with two attached hydrogens (primary N) is 1. The van der Waals surface area contributed by atoms with Crippen LogP contribution in [0.25, 0.3) is 5.69 Å². The van der Waals surface area contributed by atoms with E-state index in [1.807, 2.05) is 43.3 Å². The molecule has 0 amide bonds. The standard InChI is InChI=1S/C9H12N6/c1-14(2)9-11-12-13-15(9)8-5-3-7(10)4-6-8/h3-6H,10H2,1-2H3. The van der Waals surface area contributed by atoms with E-state index in [9.17, 15) is 0 Å². The average molecular weight is 204 g/mol. The number of hydrogen-bond acceptors (Lipinski definition) is 5. The van der Waals surface area contributed by atoms with Crippen LogP contribution in [0.3, 0.4) is 0 Å². The second kappa shape index (κ2) is 3.56. The van der Waals surface area contributed by atoms with Gasteiger partial charge in [-0.2, -0.15) is 4.68 Å². The van der Waals surface area contributed by atoms with Gasteiger partial charge in [0.1, 0.15) is 0 Å². The first-order valence-corrected chi connectivity index (χ1v) is 4.50. The lowest BCUT2D eigenvalue weighted by atomic mass is 10.3. The number of tetrazole rings is 1. The highest BCUT2D eigenvalue weighted by molar-refractivity contribution is 5.47. The third-order valence-electron chi connectivity index (χ3n) is 1.99. The van der Waals surface area contributed by atoms with Crippen molar-refractivity contribution in [3.05, 3.63) is 24.3 Å². The molecule has 15 heavy (non-hydrogen) atoms. The van der Waals surface area contributed by atoms with Crippen LogP contribution in [-0.2, 0) is 0 Å². The quantitative estimate of drug-likeness (QED) is 0.713. The van der Waals surface area contributed by atoms with Crippen molar-refractivity contribution in [3.63, 3.8) is 0 Å². The Morgan fingerprint density at radius 2 is 1.87 bits per heavy atom. The smallest absolute Gasteiger partial charge is 0.249 e. The van der Waals surface area contributed by atoms with Crippen LogP contribution < -0.4 is 10.6 Å². The van der Waals surface area contributed by atoms with Crippen molar-refractivity contribution in [2.45, 2.75) is 0 Å². The van der Waals surface area contributed by atoms with Gasteiger partial charge in [-0.3, -0.25) is 0 Å². The molecule has 0 aliphatic carbocycles. The molecule has 0 aliphatic rings. The lowest BCUT2D eigenvalue weighted by Crippen LogP contribution is -2.15. The van der Waals surface area contributed by atoms with Crippen molar-refractivity contribution >= 4 is 11.6 Å². The number of aromatic nitrogens is 4. The second-order valence-corrected chi connectivity index (χ2v) is 3.38. The molecule has 1 heterocycles. The normalized spacial score (nSPS) is 10.3. The largest absolute Gasteiger partial charge is 0.399 e. The van der Waals surface area contributed by atoms with Crippen molar-refractivity contribution in [3.8, 4) is 5.69 Å². The zero-order valence-corrected chi connectivity index (χ0v) is 8.62. The Bertz CT molecular complexity index is 444. The number of benzene rings is 1. The van der Waals surface area contributed by atoms with Gasteiger partial charge >= 0.3 is 0 Å². The van der Waals surface area contributed by atoms with Gasteiger partial charge in [0.05, 0.1) is 5.69 Å². The topological polar surface area (TPSA) is 72.9 Å². The zero-order valence-electron chi connectivity index (χ0n) is 8.62. The molecule has 0 saturated heterocycles. The van der Waals surface area contributed by atoms with Crippen LogP contribution in [0, 0.1) is 0 Å². The van der Waals surface area contributed by atoms with E-state index in [-0.39, 0.29) is 0 Å². The van der Waals surface area contributed by atoms with Crippen LogP contribution in [0.4, 0.5) is 11.6 Å². The van der Waals surface area contributed by atoms with E-state index < -0.39 is 0 Å². The first-order valence-electron chi connectivity index (χ1n) is 4.50. The third-order valence-corrected chi connectivity index (χ3v) is 1.99. The lowest BCUT2D eigenvalue weighted by Gasteiger charge is -2.10. The fourth-order valence-corrected chi connectivity index (χ4v) is 1.24. The zero-order chi connectivity index (χ0) is 10.8. The minimum atomic E-state index is 0.680. The summed E-state index contributed by atoms with van der Waals surface area (Å²) in [6.45, 7) is 0. The van der Waals surface area contributed by atoms with E-state index in [1.165, 1.54) is 0 Å². The SMILES string of the molecule is CN(C)c1nnnn1-c1ccc(N)cc1. The van der Waals surface area contributed by atoms with Crippen molar-refractivity contribution in [1.82, 2.24) is 20.2 Å². The maximum Gasteiger partial charge on any atom is 0.249 e. The van der Waals surface area contributed by atoms with Crippen LogP contribution in [0.15, 0.2) is 24.3 Å². The molecule has 6 nitrogen and oxygen atoms in total. The molecule has 2 N–H and O–H groups in total. The predicted octanol–water partition coefficient (Wildman–Crippen LogP) is 0.310. The fraction of sp³-hybridized carbons (Fsp3) is 0.222. The van der Waals surface area contributed by atoms with Gasteiger partial charge in [-0.05, 0) is 34.7 Å². The van der Waals surface area contributed by atoms with Gasteiger partial charge < -0.3 is 10.6 Å². The summed E-state index contributed by atoms with van der Waals surface area (Å²) >= 11 is 0. The van der Waals surface area contributed by atoms with E-state index in [0.29, 0.717) is 5.95 Å². The van der Waals surface area contributed by atoms with Gasteiger partial charge in [-0.1, -0.05) is 5.10 Å². The monoisotopic (exact) mass is 204 g/mol. The highest BCUT2D eigenvalue weighted by atomic mass is 15.6. The molecule has 0 bridgehead atoms. The van der Waals surface area contributed by atoms with E-state index >= 15 is 0 Å². The summed E-state index contributed by atoms with van der Waals surface area (Å²) in [7, 11) is 3.78. The third kappa shape index (κ3) is 1.74. The number of hydrogen-bond donors (Lipinski definition) is 1. The number of rotatable bonds is 2. The molecule has 6 heteroatoms. The molecule has 0 fully saturated rings. The molecule has 0 aliphatic heterocycles. The summed E-state index contributed by atoms with van der Waals surface area (Å²) in [6, 6.07) is 7.38. The summed E-state index contributed by atoms with van der Waals surface area (Å²) < 4.78 is 1.65. The Morgan fingerprint density at radius 1 is 1.20 bits per heavy atom. The minimum Gasteiger partial charge on any atom is -0.399 e. The van der Waals surface area contributed by atoms with Gasteiger partial charge in [0, 0.05) is 19.8 Å². The summed E-state index contributed by atoms with van der Waals surface area (Å²) in [5.74, 6) is 0.680. The number of anilines is 2. The Balaban J connectivity index is 2.45. The Morgan fingerprint density at radius 3 is 2.47 bits per heavy atom. The van der Waals surface area contributed by atoms with E-state index in [0.717, 1.165) is 11.4 Å². The lowest BCUT2D eigenvalue weighted by molar-refractivity contribution is 0.784. The Kier molecular flexibility index (Phi) is 2.24. The van der Waals surface area contributed by atoms with E-state index in [1.54, 1.807) is 4.68 Å². The molecule has 1 aromatic heterocycles. The van der Waals surface area contributed by atoms with Gasteiger partial charge in [0.25, 0.3) is 0 Å². The van der Waals surface area contributed by atoms with Crippen LogP contribution in [0.2, 0.25) is 0 Å². The first-order chi connectivity index (χ1) is 7.18. The Hall–Kier alpha value is -2.11. The second-order valence-electron chi connectivity index (χ2n) is 3.38. The summed E-state index contributed by atoms with van der Waals surface area (Å²) in [4.78, 5) is 1.84. The van der Waals surface area contributed by atoms with Crippen molar-refractivity contribution in [1.29, 1.82) is 0 Å². The Labute approximate surface area is 87.3 Å². The summed E-state index contributed by atoms with van der Waals surface area (Å²) in [5, 5.41) is 11.5. The molecule has 78 valence electrons. The maximum atomic E-state index is 5.61. The van der Waals surface area contributed by atoms with E-state index in [2.05, 4.69) is 15.5 Å². The summed E-state index contributed by atoms with van der Waals surface area (Å²) in [5.41, 5.74) is 7.21. The molecule has 0 saturated carbocycles. The number of nitrogen functional groups attached to an aromatic ring is 1. The molecule has 0 radical (unpaired) electrons. The van der Waals surface area contributed by atoms with Crippen LogP contribution in [0.5, 0.6) is 0 Å². The number of nitrogens with zero attached hydrogens (tertiary/aromatic N) is 5. The van der Waals surface area contributed by atoms with E-state index in [4.69, 9.17) is 5.73 Å². The predicted molar refractivity (Wildman–Crippen MR) is 57.9 cm³/mol. The van der Waals surface area contributed by atoms with Crippen molar-refractivity contribution in [2.75, 3.05) is 24.7 Å². The van der Waals surface area contributed by atoms with Crippen LogP contribution in [-0.4, -0.2) is 34.3 Å². The minimum absolute atomic E-state index is 0.680. The van der Waals surface area contributed by atoms with Gasteiger partial charge in [0.2, 0.25) is 5.95 Å².